The molecule has 0 atom stereocenters. The summed E-state index contributed by atoms with van der Waals surface area (Å²) in [6.07, 6.45) is 12.3. The van der Waals surface area contributed by atoms with Gasteiger partial charge in [-0.2, -0.15) is 4.98 Å². The van der Waals surface area contributed by atoms with Crippen LogP contribution in [0.4, 0.5) is 0 Å². The third kappa shape index (κ3) is 26.4. The Balaban J connectivity index is 0.000000313. The van der Waals surface area contributed by atoms with Crippen LogP contribution < -0.4 is 18.9 Å². The van der Waals surface area contributed by atoms with Crippen LogP contribution in [0.1, 0.15) is 184 Å². The molecule has 0 fully saturated rings. The fraction of sp³-hybridized carbons (Fsp3) is 0.400. The predicted molar refractivity (Wildman–Crippen MR) is 320 cm³/mol. The van der Waals surface area contributed by atoms with E-state index in [-0.39, 0.29) is 0 Å². The molecular formula is C65H89N9O4. The van der Waals surface area contributed by atoms with Crippen LogP contribution in [-0.4, -0.2) is 73.3 Å². The van der Waals surface area contributed by atoms with E-state index in [1.165, 1.54) is 16.8 Å². The second-order valence-electron chi connectivity index (χ2n) is 20.1. The molecule has 418 valence electrons. The Morgan fingerprint density at radius 3 is 1.37 bits per heavy atom. The highest BCUT2D eigenvalue weighted by atomic mass is 16.5. The van der Waals surface area contributed by atoms with Crippen molar-refractivity contribution in [3.63, 3.8) is 0 Å². The molecule has 8 rings (SSSR count). The zero-order valence-corrected chi connectivity index (χ0v) is 50.1. The van der Waals surface area contributed by atoms with E-state index in [4.69, 9.17) is 18.9 Å². The topological polar surface area (TPSA) is 153 Å². The van der Waals surface area contributed by atoms with E-state index in [9.17, 15) is 0 Å². The van der Waals surface area contributed by atoms with Crippen molar-refractivity contribution in [1.29, 1.82) is 0 Å². The molecule has 8 aromatic rings. The minimum absolute atomic E-state index is 0.352. The summed E-state index contributed by atoms with van der Waals surface area (Å²) in [5.74, 6) is 7.20. The number of rotatable bonds is 12. The van der Waals surface area contributed by atoms with Crippen molar-refractivity contribution in [2.75, 3.05) is 28.4 Å². The van der Waals surface area contributed by atoms with Gasteiger partial charge >= 0.3 is 0 Å². The first-order chi connectivity index (χ1) is 37.2. The molecule has 0 aliphatic carbocycles. The summed E-state index contributed by atoms with van der Waals surface area (Å²) in [6, 6.07) is 35.8. The average molecular weight is 1060 g/mol. The second-order valence-corrected chi connectivity index (χ2v) is 20.1. The van der Waals surface area contributed by atoms with Crippen LogP contribution in [0.15, 0.2) is 153 Å². The summed E-state index contributed by atoms with van der Waals surface area (Å²) in [7, 11) is 6.55. The van der Waals surface area contributed by atoms with Gasteiger partial charge in [0, 0.05) is 89.1 Å². The molecule has 13 heteroatoms. The molecule has 0 aliphatic rings. The number of ether oxygens (including phenoxy) is 4. The molecule has 0 aliphatic heterocycles. The SMILES string of the molecule is CC(C)c1cc(-c2ccccc2)ncn1.CC(C)c1ccccn1.COc1cc(C(C)C)ccn1.COc1ccc(C(C)C)nc1.COc1ccnc(C(C)C)c1.COc1ccnc(C(C)C)n1.Cc1ccnc(C(C)C)c1. The molecule has 0 unspecified atom stereocenters. The van der Waals surface area contributed by atoms with Crippen molar-refractivity contribution in [2.45, 2.75) is 145 Å². The van der Waals surface area contributed by atoms with E-state index in [2.05, 4.69) is 173 Å². The maximum Gasteiger partial charge on any atom is 0.216 e. The lowest BCUT2D eigenvalue weighted by Gasteiger charge is -2.05. The van der Waals surface area contributed by atoms with Crippen LogP contribution in [0.25, 0.3) is 11.3 Å². The van der Waals surface area contributed by atoms with Gasteiger partial charge in [-0.1, -0.05) is 133 Å². The lowest BCUT2D eigenvalue weighted by atomic mass is 10.1. The van der Waals surface area contributed by atoms with Crippen molar-refractivity contribution < 1.29 is 18.9 Å². The lowest BCUT2D eigenvalue weighted by molar-refractivity contribution is 0.393. The van der Waals surface area contributed by atoms with Gasteiger partial charge in [0.15, 0.2) is 0 Å². The number of aromatic nitrogens is 9. The highest BCUT2D eigenvalue weighted by molar-refractivity contribution is 5.58. The molecule has 7 heterocycles. The molecule has 0 saturated heterocycles. The Bertz CT molecular complexity index is 2690. The van der Waals surface area contributed by atoms with Gasteiger partial charge in [0.2, 0.25) is 11.8 Å². The summed E-state index contributed by atoms with van der Waals surface area (Å²) in [5, 5.41) is 0. The minimum Gasteiger partial charge on any atom is -0.497 e. The van der Waals surface area contributed by atoms with Gasteiger partial charge in [-0.25, -0.2) is 19.9 Å². The van der Waals surface area contributed by atoms with Crippen molar-refractivity contribution in [3.8, 4) is 34.5 Å². The van der Waals surface area contributed by atoms with Gasteiger partial charge in [-0.3, -0.25) is 19.9 Å². The van der Waals surface area contributed by atoms with E-state index < -0.39 is 0 Å². The maximum atomic E-state index is 5.07. The Morgan fingerprint density at radius 2 is 0.885 bits per heavy atom. The Kier molecular flexibility index (Phi) is 31.7. The van der Waals surface area contributed by atoms with Crippen molar-refractivity contribution in [3.05, 3.63) is 198 Å². The number of pyridine rings is 5. The standard InChI is InChI=1S/C13H14N2.3C9H13NO.C9H13N.C8H12N2O.C8H11N/c1-10(2)12-8-13(15-9-14-12)11-6-4-3-5-7-11;1-7(2)9-6-8(11-3)4-5-10-9;1-7(2)9-5-4-8(11-3)6-10-9;1-7(2)8-4-5-10-9(6-8)11-3;1-7(2)9-6-8(3)4-5-10-9;1-6(2)8-9-5-4-7(10-8)11-3;1-7(2)8-5-3-4-6-9-8/h3-10H,1-2H3;3*4-7H,1-3H3;4-7H,1-3H3;4-6H,1-3H3;3-7H,1-2H3. The van der Waals surface area contributed by atoms with Gasteiger partial charge in [0.05, 0.1) is 40.3 Å². The van der Waals surface area contributed by atoms with E-state index in [1.807, 2.05) is 91.3 Å². The van der Waals surface area contributed by atoms with Crippen molar-refractivity contribution in [2.24, 2.45) is 0 Å². The molecule has 0 amide bonds. The monoisotopic (exact) mass is 1060 g/mol. The Hall–Kier alpha value is -7.67. The number of methoxy groups -OCH3 is 4. The number of benzene rings is 1. The normalized spacial score (nSPS) is 10.3. The number of hydrogen-bond acceptors (Lipinski definition) is 13. The third-order valence-corrected chi connectivity index (χ3v) is 11.3. The number of hydrogen-bond donors (Lipinski definition) is 0. The zero-order chi connectivity index (χ0) is 58.0. The highest BCUT2D eigenvalue weighted by Gasteiger charge is 2.06. The first-order valence-corrected chi connectivity index (χ1v) is 26.8. The predicted octanol–water partition coefficient (Wildman–Crippen LogP) is 16.2. The van der Waals surface area contributed by atoms with Gasteiger partial charge in [-0.05, 0) is 108 Å². The van der Waals surface area contributed by atoms with E-state index >= 15 is 0 Å². The summed E-state index contributed by atoms with van der Waals surface area (Å²) in [4.78, 5) is 37.7. The first-order valence-electron chi connectivity index (χ1n) is 26.8. The van der Waals surface area contributed by atoms with Gasteiger partial charge in [0.25, 0.3) is 0 Å². The molecule has 78 heavy (non-hydrogen) atoms. The van der Waals surface area contributed by atoms with Crippen LogP contribution in [0.5, 0.6) is 23.3 Å². The second kappa shape index (κ2) is 37.2. The average Bonchev–Trinajstić information content (AvgIpc) is 3.46. The molecular weight excluding hydrogens is 971 g/mol. The Morgan fingerprint density at radius 1 is 0.346 bits per heavy atom. The maximum absolute atomic E-state index is 5.07. The van der Waals surface area contributed by atoms with E-state index in [0.29, 0.717) is 53.2 Å². The summed E-state index contributed by atoms with van der Waals surface area (Å²) in [5.41, 5.74) is 10.3. The van der Waals surface area contributed by atoms with E-state index in [1.54, 1.807) is 65.6 Å². The molecule has 0 bridgehead atoms. The largest absolute Gasteiger partial charge is 0.497 e. The molecule has 1 aromatic carbocycles. The van der Waals surface area contributed by atoms with Crippen molar-refractivity contribution >= 4 is 0 Å². The first kappa shape index (κ1) is 66.4. The highest BCUT2D eigenvalue weighted by Crippen LogP contribution is 2.21. The molecule has 0 spiro atoms. The lowest BCUT2D eigenvalue weighted by Crippen LogP contribution is -1.98. The Labute approximate surface area is 468 Å². The van der Waals surface area contributed by atoms with Crippen LogP contribution in [0.2, 0.25) is 0 Å². The fourth-order valence-corrected chi connectivity index (χ4v) is 6.42. The molecule has 13 nitrogen and oxygen atoms in total. The molecule has 0 radical (unpaired) electrons. The molecule has 0 saturated carbocycles. The quantitative estimate of drug-likeness (QED) is 0.114. The smallest absolute Gasteiger partial charge is 0.216 e. The van der Waals surface area contributed by atoms with Gasteiger partial charge < -0.3 is 18.9 Å². The van der Waals surface area contributed by atoms with Crippen molar-refractivity contribution in [1.82, 2.24) is 44.9 Å². The van der Waals surface area contributed by atoms with E-state index in [0.717, 1.165) is 51.4 Å². The summed E-state index contributed by atoms with van der Waals surface area (Å²) < 4.78 is 20.0. The van der Waals surface area contributed by atoms with Gasteiger partial charge in [0.1, 0.15) is 23.7 Å². The summed E-state index contributed by atoms with van der Waals surface area (Å²) in [6.45, 7) is 31.8. The number of aryl methyl sites for hydroxylation is 1. The molecule has 0 N–H and O–H groups in total. The van der Waals surface area contributed by atoms with Crippen LogP contribution in [0.3, 0.4) is 0 Å². The van der Waals surface area contributed by atoms with Crippen LogP contribution in [-0.2, 0) is 0 Å². The third-order valence-electron chi connectivity index (χ3n) is 11.3. The molecule has 7 aromatic heterocycles. The van der Waals surface area contributed by atoms with Crippen LogP contribution in [0, 0.1) is 6.92 Å². The van der Waals surface area contributed by atoms with Crippen LogP contribution >= 0.6 is 0 Å². The minimum atomic E-state index is 0.352. The fourth-order valence-electron chi connectivity index (χ4n) is 6.42. The zero-order valence-electron chi connectivity index (χ0n) is 50.1. The summed E-state index contributed by atoms with van der Waals surface area (Å²) >= 11 is 0. The van der Waals surface area contributed by atoms with Gasteiger partial charge in [-0.15, -0.1) is 0 Å². The number of nitrogens with zero attached hydrogens (tertiary/aromatic N) is 9.